The van der Waals surface area contributed by atoms with Gasteiger partial charge < -0.3 is 10.5 Å². The summed E-state index contributed by atoms with van der Waals surface area (Å²) in [5, 5.41) is 0. The van der Waals surface area contributed by atoms with Crippen LogP contribution in [0.5, 0.6) is 0 Å². The molecule has 74 valence electrons. The van der Waals surface area contributed by atoms with Gasteiger partial charge in [-0.25, -0.2) is 4.99 Å². The molecule has 0 bridgehead atoms. The van der Waals surface area contributed by atoms with Crippen molar-refractivity contribution in [3.8, 4) is 0 Å². The smallest absolute Gasteiger partial charge is 0.282 e. The van der Waals surface area contributed by atoms with Crippen LogP contribution in [-0.4, -0.2) is 18.7 Å². The number of hydrogen-bond donors (Lipinski definition) is 1. The molecule has 3 heteroatoms. The van der Waals surface area contributed by atoms with Crippen molar-refractivity contribution >= 4 is 6.02 Å². The Morgan fingerprint density at radius 2 is 1.85 bits per heavy atom. The van der Waals surface area contributed by atoms with Crippen LogP contribution < -0.4 is 5.73 Å². The first-order valence-corrected chi connectivity index (χ1v) is 5.33. The van der Waals surface area contributed by atoms with E-state index in [9.17, 15) is 0 Å². The quantitative estimate of drug-likeness (QED) is 0.627. The standard InChI is InChI=1S/C10H18N2O/c11-10-12-7-9(13-10)8-5-3-1-2-4-6-8/h8-9H,1-7H2,(H2,11,12). The molecule has 1 aliphatic heterocycles. The minimum absolute atomic E-state index is 0.290. The summed E-state index contributed by atoms with van der Waals surface area (Å²) in [5.41, 5.74) is 5.50. The van der Waals surface area contributed by atoms with Gasteiger partial charge >= 0.3 is 0 Å². The molecule has 0 radical (unpaired) electrons. The van der Waals surface area contributed by atoms with E-state index in [1.807, 2.05) is 0 Å². The van der Waals surface area contributed by atoms with E-state index in [0.717, 1.165) is 6.54 Å². The van der Waals surface area contributed by atoms with Gasteiger partial charge in [0.25, 0.3) is 6.02 Å². The lowest BCUT2D eigenvalue weighted by Gasteiger charge is -2.20. The average molecular weight is 182 g/mol. The molecule has 0 aromatic carbocycles. The maximum atomic E-state index is 5.50. The average Bonchev–Trinajstić information content (AvgIpc) is 2.43. The summed E-state index contributed by atoms with van der Waals surface area (Å²) in [4.78, 5) is 4.10. The number of hydrogen-bond acceptors (Lipinski definition) is 3. The lowest BCUT2D eigenvalue weighted by Crippen LogP contribution is -2.26. The van der Waals surface area contributed by atoms with Crippen LogP contribution in [0.4, 0.5) is 0 Å². The molecule has 0 amide bonds. The van der Waals surface area contributed by atoms with Crippen LogP contribution in [0.25, 0.3) is 0 Å². The predicted molar refractivity (Wildman–Crippen MR) is 52.6 cm³/mol. The number of rotatable bonds is 1. The highest BCUT2D eigenvalue weighted by molar-refractivity contribution is 5.73. The Labute approximate surface area is 79.4 Å². The third kappa shape index (κ3) is 2.14. The monoisotopic (exact) mass is 182 g/mol. The fourth-order valence-electron chi connectivity index (χ4n) is 2.34. The van der Waals surface area contributed by atoms with Crippen molar-refractivity contribution in [2.75, 3.05) is 6.54 Å². The normalized spacial score (nSPS) is 30.8. The lowest BCUT2D eigenvalue weighted by molar-refractivity contribution is 0.138. The largest absolute Gasteiger partial charge is 0.460 e. The molecule has 1 heterocycles. The summed E-state index contributed by atoms with van der Waals surface area (Å²) in [5.74, 6) is 0.701. The maximum Gasteiger partial charge on any atom is 0.282 e. The molecule has 1 aliphatic carbocycles. The van der Waals surface area contributed by atoms with Crippen LogP contribution in [0.15, 0.2) is 4.99 Å². The molecule has 0 aromatic rings. The number of ether oxygens (including phenoxy) is 1. The van der Waals surface area contributed by atoms with E-state index in [1.54, 1.807) is 0 Å². The molecule has 0 saturated heterocycles. The Kier molecular flexibility index (Phi) is 2.71. The summed E-state index contributed by atoms with van der Waals surface area (Å²) in [6.07, 6.45) is 8.37. The number of nitrogens with two attached hydrogens (primary N) is 1. The summed E-state index contributed by atoms with van der Waals surface area (Å²) in [6.45, 7) is 0.788. The van der Waals surface area contributed by atoms with Gasteiger partial charge in [-0.05, 0) is 18.8 Å². The SMILES string of the molecule is NC1=NCC(C2CCCCCC2)O1. The Bertz CT molecular complexity index is 195. The van der Waals surface area contributed by atoms with Gasteiger partial charge in [0.1, 0.15) is 6.10 Å². The highest BCUT2D eigenvalue weighted by Gasteiger charge is 2.27. The van der Waals surface area contributed by atoms with Gasteiger partial charge in [0.2, 0.25) is 0 Å². The number of aliphatic imine (C=N–C) groups is 1. The molecule has 1 saturated carbocycles. The highest BCUT2D eigenvalue weighted by Crippen LogP contribution is 2.28. The van der Waals surface area contributed by atoms with Crippen molar-refractivity contribution in [3.05, 3.63) is 0 Å². The van der Waals surface area contributed by atoms with E-state index < -0.39 is 0 Å². The van der Waals surface area contributed by atoms with E-state index in [4.69, 9.17) is 10.5 Å². The second kappa shape index (κ2) is 3.99. The van der Waals surface area contributed by atoms with E-state index in [-0.39, 0.29) is 6.10 Å². The maximum absolute atomic E-state index is 5.50. The molecule has 1 fully saturated rings. The molecular formula is C10H18N2O. The zero-order chi connectivity index (χ0) is 9.10. The summed E-state index contributed by atoms with van der Waals surface area (Å²) >= 11 is 0. The first-order valence-electron chi connectivity index (χ1n) is 5.33. The van der Waals surface area contributed by atoms with Gasteiger partial charge in [-0.3, -0.25) is 0 Å². The highest BCUT2D eigenvalue weighted by atomic mass is 16.5. The van der Waals surface area contributed by atoms with Gasteiger partial charge in [0.05, 0.1) is 6.54 Å². The van der Waals surface area contributed by atoms with Gasteiger partial charge in [-0.15, -0.1) is 0 Å². The molecule has 13 heavy (non-hydrogen) atoms. The van der Waals surface area contributed by atoms with Crippen molar-refractivity contribution in [1.29, 1.82) is 0 Å². The third-order valence-electron chi connectivity index (χ3n) is 3.12. The molecule has 1 atom stereocenters. The third-order valence-corrected chi connectivity index (χ3v) is 3.12. The van der Waals surface area contributed by atoms with Crippen molar-refractivity contribution < 1.29 is 4.74 Å². The Morgan fingerprint density at radius 1 is 1.15 bits per heavy atom. The van der Waals surface area contributed by atoms with E-state index >= 15 is 0 Å². The van der Waals surface area contributed by atoms with Crippen molar-refractivity contribution in [3.63, 3.8) is 0 Å². The second-order valence-corrected chi connectivity index (χ2v) is 4.09. The van der Waals surface area contributed by atoms with Crippen LogP contribution in [-0.2, 0) is 4.74 Å². The van der Waals surface area contributed by atoms with E-state index in [0.29, 0.717) is 11.9 Å². The number of amidine groups is 1. The lowest BCUT2D eigenvalue weighted by atomic mass is 9.94. The van der Waals surface area contributed by atoms with Crippen molar-refractivity contribution in [1.82, 2.24) is 0 Å². The van der Waals surface area contributed by atoms with Crippen LogP contribution >= 0.6 is 0 Å². The zero-order valence-electron chi connectivity index (χ0n) is 8.04. The summed E-state index contributed by atoms with van der Waals surface area (Å²) in [6, 6.07) is 0.397. The van der Waals surface area contributed by atoms with Gasteiger partial charge in [-0.2, -0.15) is 0 Å². The van der Waals surface area contributed by atoms with Gasteiger partial charge in [-0.1, -0.05) is 25.7 Å². The van der Waals surface area contributed by atoms with Crippen LogP contribution in [0.1, 0.15) is 38.5 Å². The number of nitrogens with zero attached hydrogens (tertiary/aromatic N) is 1. The van der Waals surface area contributed by atoms with Gasteiger partial charge in [0.15, 0.2) is 0 Å². The molecule has 0 aromatic heterocycles. The van der Waals surface area contributed by atoms with E-state index in [2.05, 4.69) is 4.99 Å². The second-order valence-electron chi connectivity index (χ2n) is 4.09. The first kappa shape index (κ1) is 8.85. The molecule has 0 spiro atoms. The zero-order valence-corrected chi connectivity index (χ0v) is 8.04. The Hall–Kier alpha value is -0.730. The topological polar surface area (TPSA) is 47.6 Å². The van der Waals surface area contributed by atoms with E-state index in [1.165, 1.54) is 38.5 Å². The molecule has 1 unspecified atom stereocenters. The molecule has 2 N–H and O–H groups in total. The fraction of sp³-hybridized carbons (Fsp3) is 0.900. The van der Waals surface area contributed by atoms with Crippen LogP contribution in [0.2, 0.25) is 0 Å². The summed E-state index contributed by atoms with van der Waals surface area (Å²) in [7, 11) is 0. The fourth-order valence-corrected chi connectivity index (χ4v) is 2.34. The molecule has 2 aliphatic rings. The Morgan fingerprint density at radius 3 is 2.38 bits per heavy atom. The molecule has 2 rings (SSSR count). The summed E-state index contributed by atoms with van der Waals surface area (Å²) < 4.78 is 5.48. The predicted octanol–water partition coefficient (Wildman–Crippen LogP) is 1.67. The van der Waals surface area contributed by atoms with Gasteiger partial charge in [0, 0.05) is 0 Å². The molecule has 3 nitrogen and oxygen atoms in total. The van der Waals surface area contributed by atoms with Crippen molar-refractivity contribution in [2.45, 2.75) is 44.6 Å². The minimum Gasteiger partial charge on any atom is -0.460 e. The van der Waals surface area contributed by atoms with Crippen LogP contribution in [0, 0.1) is 5.92 Å². The van der Waals surface area contributed by atoms with Crippen molar-refractivity contribution in [2.24, 2.45) is 16.6 Å². The first-order chi connectivity index (χ1) is 6.36. The minimum atomic E-state index is 0.290. The van der Waals surface area contributed by atoms with Crippen LogP contribution in [0.3, 0.4) is 0 Å². The Balaban J connectivity index is 1.85. The molecular weight excluding hydrogens is 164 g/mol.